The zero-order valence-corrected chi connectivity index (χ0v) is 12.8. The minimum Gasteiger partial charge on any atom is -0.486 e. The second-order valence-electron chi connectivity index (χ2n) is 4.21. The third-order valence-electron chi connectivity index (χ3n) is 2.61. The van der Waals surface area contributed by atoms with Crippen LogP contribution in [-0.4, -0.2) is 18.9 Å². The Morgan fingerprint density at radius 3 is 2.45 bits per heavy atom. The van der Waals surface area contributed by atoms with Crippen LogP contribution >= 0.6 is 23.2 Å². The quantitative estimate of drug-likeness (QED) is 0.802. The molecule has 0 spiro atoms. The number of nitrogens with one attached hydrogen (secondary N) is 2. The Labute approximate surface area is 137 Å². The van der Waals surface area contributed by atoms with Gasteiger partial charge in [0.25, 0.3) is 0 Å². The van der Waals surface area contributed by atoms with Crippen molar-refractivity contribution in [1.82, 2.24) is 0 Å². The zero-order valence-electron chi connectivity index (χ0n) is 11.3. The smallest absolute Gasteiger partial charge is 0.323 e. The van der Waals surface area contributed by atoms with E-state index in [0.29, 0.717) is 33.5 Å². The molecule has 0 fully saturated rings. The summed E-state index contributed by atoms with van der Waals surface area (Å²) in [4.78, 5) is 22.1. The molecule has 0 aliphatic heterocycles. The van der Waals surface area contributed by atoms with Gasteiger partial charge in [-0.1, -0.05) is 23.2 Å². The first-order valence-corrected chi connectivity index (χ1v) is 7.03. The molecule has 5 nitrogen and oxygen atoms in total. The van der Waals surface area contributed by atoms with E-state index in [0.717, 1.165) is 0 Å². The van der Waals surface area contributed by atoms with Gasteiger partial charge in [-0.3, -0.25) is 4.79 Å². The average molecular weight is 339 g/mol. The molecule has 22 heavy (non-hydrogen) atoms. The number of carbonyl (C=O) groups is 2. The SMILES string of the molecule is O=CCOc1ccc(NC(=O)Nc2ccc(Cl)cc2Cl)cc1. The van der Waals surface area contributed by atoms with Crippen LogP contribution in [0.5, 0.6) is 5.75 Å². The van der Waals surface area contributed by atoms with Crippen molar-refractivity contribution in [3.8, 4) is 5.75 Å². The van der Waals surface area contributed by atoms with E-state index in [2.05, 4.69) is 10.6 Å². The molecule has 2 aromatic carbocycles. The van der Waals surface area contributed by atoms with Crippen LogP contribution < -0.4 is 15.4 Å². The molecular formula is C15H12Cl2N2O3. The van der Waals surface area contributed by atoms with Crippen LogP contribution in [0, 0.1) is 0 Å². The van der Waals surface area contributed by atoms with Crippen molar-refractivity contribution in [3.63, 3.8) is 0 Å². The van der Waals surface area contributed by atoms with Gasteiger partial charge in [0.1, 0.15) is 12.4 Å². The van der Waals surface area contributed by atoms with Crippen LogP contribution in [0.15, 0.2) is 42.5 Å². The lowest BCUT2D eigenvalue weighted by Gasteiger charge is -2.10. The van der Waals surface area contributed by atoms with Crippen molar-refractivity contribution in [3.05, 3.63) is 52.5 Å². The number of rotatable bonds is 5. The van der Waals surface area contributed by atoms with Crippen LogP contribution in [-0.2, 0) is 4.79 Å². The summed E-state index contributed by atoms with van der Waals surface area (Å²) in [6, 6.07) is 10.9. The Hall–Kier alpha value is -2.24. The number of benzene rings is 2. The van der Waals surface area contributed by atoms with Crippen molar-refractivity contribution >= 4 is 46.9 Å². The molecule has 0 aromatic heterocycles. The summed E-state index contributed by atoms with van der Waals surface area (Å²) in [5.74, 6) is 0.541. The van der Waals surface area contributed by atoms with E-state index in [-0.39, 0.29) is 6.61 Å². The van der Waals surface area contributed by atoms with Crippen LogP contribution in [0.3, 0.4) is 0 Å². The molecule has 0 saturated carbocycles. The topological polar surface area (TPSA) is 67.4 Å². The number of urea groups is 1. The normalized spacial score (nSPS) is 9.91. The number of anilines is 2. The molecule has 0 saturated heterocycles. The van der Waals surface area contributed by atoms with Crippen molar-refractivity contribution in [1.29, 1.82) is 0 Å². The summed E-state index contributed by atoms with van der Waals surface area (Å²) >= 11 is 11.8. The maximum Gasteiger partial charge on any atom is 0.323 e. The highest BCUT2D eigenvalue weighted by molar-refractivity contribution is 6.36. The lowest BCUT2D eigenvalue weighted by atomic mass is 10.3. The van der Waals surface area contributed by atoms with Gasteiger partial charge in [0.05, 0.1) is 10.7 Å². The Bertz CT molecular complexity index is 675. The Balaban J connectivity index is 1.95. The predicted molar refractivity (Wildman–Crippen MR) is 87.1 cm³/mol. The highest BCUT2D eigenvalue weighted by atomic mass is 35.5. The van der Waals surface area contributed by atoms with Crippen molar-refractivity contribution < 1.29 is 14.3 Å². The van der Waals surface area contributed by atoms with Crippen LogP contribution in [0.1, 0.15) is 0 Å². The monoisotopic (exact) mass is 338 g/mol. The summed E-state index contributed by atoms with van der Waals surface area (Å²) in [7, 11) is 0. The highest BCUT2D eigenvalue weighted by Gasteiger charge is 2.06. The maximum atomic E-state index is 11.9. The molecule has 0 bridgehead atoms. The van der Waals surface area contributed by atoms with Gasteiger partial charge in [-0.2, -0.15) is 0 Å². The standard InChI is InChI=1S/C15H12Cl2N2O3/c16-10-1-6-14(13(17)9-10)19-15(21)18-11-2-4-12(5-3-11)22-8-7-20/h1-7,9H,8H2,(H2,18,19,21). The van der Waals surface area contributed by atoms with Crippen LogP contribution in [0.25, 0.3) is 0 Å². The molecule has 0 unspecified atom stereocenters. The Morgan fingerprint density at radius 2 is 1.82 bits per heavy atom. The molecule has 0 aliphatic rings. The minimum atomic E-state index is -0.439. The molecule has 2 amide bonds. The average Bonchev–Trinajstić information content (AvgIpc) is 2.49. The molecule has 2 rings (SSSR count). The highest BCUT2D eigenvalue weighted by Crippen LogP contribution is 2.25. The lowest BCUT2D eigenvalue weighted by molar-refractivity contribution is -0.109. The van der Waals surface area contributed by atoms with Gasteiger partial charge >= 0.3 is 6.03 Å². The maximum absolute atomic E-state index is 11.9. The number of halogens is 2. The first-order valence-electron chi connectivity index (χ1n) is 6.28. The van der Waals surface area contributed by atoms with Gasteiger partial charge in [0, 0.05) is 10.7 Å². The minimum absolute atomic E-state index is 0.0116. The largest absolute Gasteiger partial charge is 0.486 e. The summed E-state index contributed by atoms with van der Waals surface area (Å²) in [6.45, 7) is -0.0116. The predicted octanol–water partition coefficient (Wildman–Crippen LogP) is 4.22. The number of amides is 2. The molecule has 0 atom stereocenters. The van der Waals surface area contributed by atoms with Gasteiger partial charge in [-0.25, -0.2) is 4.79 Å². The first kappa shape index (κ1) is 16.1. The van der Waals surface area contributed by atoms with Crippen LogP contribution in [0.4, 0.5) is 16.2 Å². The summed E-state index contributed by atoms with van der Waals surface area (Å²) in [6.07, 6.45) is 0.662. The Kier molecular flexibility index (Phi) is 5.63. The van der Waals surface area contributed by atoms with E-state index < -0.39 is 6.03 Å². The van der Waals surface area contributed by atoms with Gasteiger partial charge in [-0.05, 0) is 42.5 Å². The Morgan fingerprint density at radius 1 is 1.09 bits per heavy atom. The summed E-state index contributed by atoms with van der Waals surface area (Å²) < 4.78 is 5.11. The van der Waals surface area contributed by atoms with E-state index in [1.165, 1.54) is 6.07 Å². The number of ether oxygens (including phenoxy) is 1. The van der Waals surface area contributed by atoms with Crippen molar-refractivity contribution in [2.24, 2.45) is 0 Å². The van der Waals surface area contributed by atoms with Gasteiger partial charge in [-0.15, -0.1) is 0 Å². The fraction of sp³-hybridized carbons (Fsp3) is 0.0667. The number of hydrogen-bond donors (Lipinski definition) is 2. The van der Waals surface area contributed by atoms with E-state index in [4.69, 9.17) is 27.9 Å². The number of aldehydes is 1. The second-order valence-corrected chi connectivity index (χ2v) is 5.05. The molecular weight excluding hydrogens is 327 g/mol. The zero-order chi connectivity index (χ0) is 15.9. The molecule has 114 valence electrons. The summed E-state index contributed by atoms with van der Waals surface area (Å²) in [5.41, 5.74) is 1.02. The third-order valence-corrected chi connectivity index (χ3v) is 3.16. The summed E-state index contributed by atoms with van der Waals surface area (Å²) in [5, 5.41) is 6.10. The fourth-order valence-electron chi connectivity index (χ4n) is 1.64. The molecule has 0 radical (unpaired) electrons. The van der Waals surface area contributed by atoms with E-state index in [1.54, 1.807) is 36.4 Å². The van der Waals surface area contributed by atoms with Gasteiger partial charge < -0.3 is 15.4 Å². The van der Waals surface area contributed by atoms with Crippen LogP contribution in [0.2, 0.25) is 10.0 Å². The molecule has 7 heteroatoms. The fourth-order valence-corrected chi connectivity index (χ4v) is 2.10. The van der Waals surface area contributed by atoms with Crippen molar-refractivity contribution in [2.45, 2.75) is 0 Å². The van der Waals surface area contributed by atoms with E-state index >= 15 is 0 Å². The van der Waals surface area contributed by atoms with Gasteiger partial charge in [0.2, 0.25) is 0 Å². The van der Waals surface area contributed by atoms with E-state index in [1.807, 2.05) is 0 Å². The molecule has 0 heterocycles. The molecule has 2 aromatic rings. The number of hydrogen-bond acceptors (Lipinski definition) is 3. The molecule has 0 aliphatic carbocycles. The first-order chi connectivity index (χ1) is 10.6. The third kappa shape index (κ3) is 4.65. The lowest BCUT2D eigenvalue weighted by Crippen LogP contribution is -2.19. The van der Waals surface area contributed by atoms with E-state index in [9.17, 15) is 9.59 Å². The second kappa shape index (κ2) is 7.68. The van der Waals surface area contributed by atoms with Gasteiger partial charge in [0.15, 0.2) is 6.29 Å². The molecule has 2 N–H and O–H groups in total. The van der Waals surface area contributed by atoms with Crippen molar-refractivity contribution in [2.75, 3.05) is 17.2 Å². The number of carbonyl (C=O) groups excluding carboxylic acids is 2.